The van der Waals surface area contributed by atoms with E-state index in [4.69, 9.17) is 11.6 Å². The molecule has 0 amide bonds. The number of hydrogen-bond donors (Lipinski definition) is 1. The standard InChI is InChI=1S/C6H3BrClN3/c7-3-1-10-6-5(3)9-2-4(8)11-6/h1-2H,(H,10,11). The van der Waals surface area contributed by atoms with Crippen LogP contribution in [-0.2, 0) is 0 Å². The molecule has 0 aliphatic rings. The van der Waals surface area contributed by atoms with Gasteiger partial charge in [0.1, 0.15) is 10.7 Å². The van der Waals surface area contributed by atoms with Crippen molar-refractivity contribution in [1.82, 2.24) is 15.0 Å². The molecular formula is C6H3BrClN3. The zero-order valence-electron chi connectivity index (χ0n) is 5.31. The highest BCUT2D eigenvalue weighted by atomic mass is 79.9. The third-order valence-corrected chi connectivity index (χ3v) is 2.09. The predicted octanol–water partition coefficient (Wildman–Crippen LogP) is 2.37. The van der Waals surface area contributed by atoms with Gasteiger partial charge in [0.2, 0.25) is 0 Å². The van der Waals surface area contributed by atoms with Gasteiger partial charge in [-0.05, 0) is 15.9 Å². The van der Waals surface area contributed by atoms with Gasteiger partial charge in [0.15, 0.2) is 5.65 Å². The lowest BCUT2D eigenvalue weighted by Crippen LogP contribution is -1.80. The Morgan fingerprint density at radius 3 is 3.18 bits per heavy atom. The van der Waals surface area contributed by atoms with Crippen molar-refractivity contribution in [2.75, 3.05) is 0 Å². The van der Waals surface area contributed by atoms with E-state index < -0.39 is 0 Å². The molecule has 0 saturated heterocycles. The number of fused-ring (bicyclic) bond motifs is 1. The molecule has 2 rings (SSSR count). The molecule has 56 valence electrons. The first-order valence-electron chi connectivity index (χ1n) is 2.92. The van der Waals surface area contributed by atoms with Crippen LogP contribution < -0.4 is 0 Å². The molecule has 0 spiro atoms. The van der Waals surface area contributed by atoms with Gasteiger partial charge in [-0.25, -0.2) is 9.97 Å². The Bertz CT molecular complexity index is 398. The molecule has 1 N–H and O–H groups in total. The fraction of sp³-hybridized carbons (Fsp3) is 0. The Morgan fingerprint density at radius 2 is 2.36 bits per heavy atom. The molecule has 0 aliphatic carbocycles. The van der Waals surface area contributed by atoms with Crippen LogP contribution in [-0.4, -0.2) is 15.0 Å². The van der Waals surface area contributed by atoms with Crippen LogP contribution in [0.4, 0.5) is 0 Å². The first-order chi connectivity index (χ1) is 5.27. The second-order valence-corrected chi connectivity index (χ2v) is 3.27. The highest BCUT2D eigenvalue weighted by Crippen LogP contribution is 2.20. The Labute approximate surface area is 75.9 Å². The molecule has 0 aromatic carbocycles. The molecule has 0 fully saturated rings. The van der Waals surface area contributed by atoms with E-state index in [1.54, 1.807) is 6.20 Å². The summed E-state index contributed by atoms with van der Waals surface area (Å²) >= 11 is 8.93. The first kappa shape index (κ1) is 7.06. The van der Waals surface area contributed by atoms with Crippen molar-refractivity contribution in [2.45, 2.75) is 0 Å². The fourth-order valence-electron chi connectivity index (χ4n) is 0.843. The van der Waals surface area contributed by atoms with Crippen LogP contribution >= 0.6 is 27.5 Å². The summed E-state index contributed by atoms with van der Waals surface area (Å²) in [6, 6.07) is 0. The van der Waals surface area contributed by atoms with Crippen molar-refractivity contribution < 1.29 is 0 Å². The van der Waals surface area contributed by atoms with Crippen molar-refractivity contribution >= 4 is 38.7 Å². The molecule has 0 aliphatic heterocycles. The SMILES string of the molecule is Clc1cnc2c(Br)c[nH]c2n1. The minimum atomic E-state index is 0.395. The van der Waals surface area contributed by atoms with Gasteiger partial charge < -0.3 is 4.98 Å². The third kappa shape index (κ3) is 1.12. The van der Waals surface area contributed by atoms with Gasteiger partial charge in [-0.1, -0.05) is 11.6 Å². The van der Waals surface area contributed by atoms with E-state index in [1.165, 1.54) is 6.20 Å². The van der Waals surface area contributed by atoms with Crippen LogP contribution in [0.1, 0.15) is 0 Å². The summed E-state index contributed by atoms with van der Waals surface area (Å²) in [6.45, 7) is 0. The molecule has 2 heterocycles. The molecular weight excluding hydrogens is 229 g/mol. The van der Waals surface area contributed by atoms with E-state index in [0.717, 1.165) is 9.99 Å². The average Bonchev–Trinajstić information content (AvgIpc) is 2.32. The van der Waals surface area contributed by atoms with E-state index in [1.807, 2.05) is 0 Å². The van der Waals surface area contributed by atoms with Crippen LogP contribution in [0.3, 0.4) is 0 Å². The van der Waals surface area contributed by atoms with E-state index in [-0.39, 0.29) is 0 Å². The highest BCUT2D eigenvalue weighted by Gasteiger charge is 2.02. The van der Waals surface area contributed by atoms with Crippen molar-refractivity contribution in [2.24, 2.45) is 0 Å². The van der Waals surface area contributed by atoms with Crippen LogP contribution in [0.15, 0.2) is 16.9 Å². The zero-order valence-corrected chi connectivity index (χ0v) is 7.65. The van der Waals surface area contributed by atoms with Gasteiger partial charge in [0, 0.05) is 6.20 Å². The third-order valence-electron chi connectivity index (χ3n) is 1.30. The lowest BCUT2D eigenvalue weighted by Gasteiger charge is -1.88. The second-order valence-electron chi connectivity index (χ2n) is 2.03. The molecule has 5 heteroatoms. The number of aromatic amines is 1. The number of rotatable bonds is 0. The van der Waals surface area contributed by atoms with Gasteiger partial charge >= 0.3 is 0 Å². The smallest absolute Gasteiger partial charge is 0.158 e. The van der Waals surface area contributed by atoms with Crippen LogP contribution in [0, 0.1) is 0 Å². The summed E-state index contributed by atoms with van der Waals surface area (Å²) < 4.78 is 0.900. The number of nitrogens with zero attached hydrogens (tertiary/aromatic N) is 2. The van der Waals surface area contributed by atoms with Gasteiger partial charge in [0.05, 0.1) is 10.7 Å². The topological polar surface area (TPSA) is 41.6 Å². The number of halogens is 2. The summed E-state index contributed by atoms with van der Waals surface area (Å²) in [6.07, 6.45) is 3.30. The molecule has 11 heavy (non-hydrogen) atoms. The largest absolute Gasteiger partial charge is 0.344 e. The van der Waals surface area contributed by atoms with E-state index in [9.17, 15) is 0 Å². The van der Waals surface area contributed by atoms with Crippen LogP contribution in [0.25, 0.3) is 11.2 Å². The van der Waals surface area contributed by atoms with Crippen molar-refractivity contribution in [3.63, 3.8) is 0 Å². The van der Waals surface area contributed by atoms with Crippen molar-refractivity contribution in [3.05, 3.63) is 22.0 Å². The monoisotopic (exact) mass is 231 g/mol. The van der Waals surface area contributed by atoms with Crippen molar-refractivity contribution in [3.8, 4) is 0 Å². The van der Waals surface area contributed by atoms with E-state index >= 15 is 0 Å². The molecule has 0 saturated carbocycles. The van der Waals surface area contributed by atoms with E-state index in [2.05, 4.69) is 30.9 Å². The van der Waals surface area contributed by atoms with Gasteiger partial charge in [0.25, 0.3) is 0 Å². The Kier molecular flexibility index (Phi) is 1.58. The maximum Gasteiger partial charge on any atom is 0.158 e. The molecule has 2 aromatic heterocycles. The number of nitrogens with one attached hydrogen (secondary N) is 1. The van der Waals surface area contributed by atoms with Crippen molar-refractivity contribution in [1.29, 1.82) is 0 Å². The Morgan fingerprint density at radius 1 is 1.55 bits per heavy atom. The fourth-order valence-corrected chi connectivity index (χ4v) is 1.38. The molecule has 2 aromatic rings. The Hall–Kier alpha value is -0.610. The summed E-state index contributed by atoms with van der Waals surface area (Å²) in [5.41, 5.74) is 1.50. The average molecular weight is 232 g/mol. The molecule has 3 nitrogen and oxygen atoms in total. The summed E-state index contributed by atoms with van der Waals surface area (Å²) in [4.78, 5) is 11.0. The number of hydrogen-bond acceptors (Lipinski definition) is 2. The second kappa shape index (κ2) is 2.46. The maximum absolute atomic E-state index is 5.62. The van der Waals surface area contributed by atoms with Gasteiger partial charge in [-0.15, -0.1) is 0 Å². The predicted molar refractivity (Wildman–Crippen MR) is 46.6 cm³/mol. The van der Waals surface area contributed by atoms with Gasteiger partial charge in [-0.2, -0.15) is 0 Å². The summed E-state index contributed by atoms with van der Waals surface area (Å²) in [5, 5.41) is 0.395. The molecule has 0 atom stereocenters. The molecule has 0 unspecified atom stereocenters. The van der Waals surface area contributed by atoms with E-state index in [0.29, 0.717) is 10.8 Å². The summed E-state index contributed by atoms with van der Waals surface area (Å²) in [5.74, 6) is 0. The highest BCUT2D eigenvalue weighted by molar-refractivity contribution is 9.10. The number of aromatic nitrogens is 3. The lowest BCUT2D eigenvalue weighted by atomic mass is 10.5. The zero-order chi connectivity index (χ0) is 7.84. The summed E-state index contributed by atoms with van der Waals surface area (Å²) in [7, 11) is 0. The maximum atomic E-state index is 5.62. The van der Waals surface area contributed by atoms with Gasteiger partial charge in [-0.3, -0.25) is 0 Å². The minimum Gasteiger partial charge on any atom is -0.344 e. The Balaban J connectivity index is 2.86. The molecule has 0 bridgehead atoms. The van der Waals surface area contributed by atoms with Crippen LogP contribution in [0.5, 0.6) is 0 Å². The quantitative estimate of drug-likeness (QED) is 0.758. The van der Waals surface area contributed by atoms with Crippen LogP contribution in [0.2, 0.25) is 5.15 Å². The molecule has 0 radical (unpaired) electrons. The normalized spacial score (nSPS) is 10.7. The minimum absolute atomic E-state index is 0.395. The lowest BCUT2D eigenvalue weighted by molar-refractivity contribution is 1.26. The number of H-pyrrole nitrogens is 1. The first-order valence-corrected chi connectivity index (χ1v) is 4.09.